The van der Waals surface area contributed by atoms with E-state index < -0.39 is 0 Å². The van der Waals surface area contributed by atoms with Crippen LogP contribution < -0.4 is 14.8 Å². The molecule has 3 fully saturated rings. The third-order valence-corrected chi connectivity index (χ3v) is 7.92. The Morgan fingerprint density at radius 2 is 1.94 bits per heavy atom. The van der Waals surface area contributed by atoms with Gasteiger partial charge in [0.05, 0.1) is 19.3 Å². The molecule has 4 aliphatic heterocycles. The summed E-state index contributed by atoms with van der Waals surface area (Å²) in [4.78, 5) is 18.2. The normalized spacial score (nSPS) is 32.3. The van der Waals surface area contributed by atoms with Crippen molar-refractivity contribution in [3.05, 3.63) is 29.8 Å². The number of fused-ring (bicyclic) bond motifs is 7. The molecule has 0 aromatic heterocycles. The Morgan fingerprint density at radius 3 is 2.87 bits per heavy atom. The molecular formula is C25H33N3O3. The second-order valence-corrected chi connectivity index (χ2v) is 9.84. The topological polar surface area (TPSA) is 54.0 Å². The first kappa shape index (κ1) is 19.5. The van der Waals surface area contributed by atoms with E-state index in [4.69, 9.17) is 9.47 Å². The Kier molecular flexibility index (Phi) is 5.05. The van der Waals surface area contributed by atoms with Crippen LogP contribution in [0.15, 0.2) is 29.8 Å². The van der Waals surface area contributed by atoms with Crippen molar-refractivity contribution >= 4 is 11.7 Å². The van der Waals surface area contributed by atoms with Gasteiger partial charge in [0, 0.05) is 37.3 Å². The summed E-state index contributed by atoms with van der Waals surface area (Å²) in [5, 5.41) is 3.16. The third-order valence-electron chi connectivity index (χ3n) is 7.92. The van der Waals surface area contributed by atoms with E-state index in [1.807, 2.05) is 18.2 Å². The number of nitrogens with one attached hydrogen (secondary N) is 1. The zero-order valence-electron chi connectivity index (χ0n) is 18.2. The molecule has 166 valence electrons. The molecule has 3 saturated heterocycles. The highest BCUT2D eigenvalue weighted by Crippen LogP contribution is 2.45. The number of carbonyl (C=O) groups excluding carboxylic acids is 1. The minimum atomic E-state index is 0.0179. The first-order valence-corrected chi connectivity index (χ1v) is 12.2. The van der Waals surface area contributed by atoms with E-state index in [1.54, 1.807) is 0 Å². The highest BCUT2D eigenvalue weighted by atomic mass is 16.5. The third kappa shape index (κ3) is 3.59. The van der Waals surface area contributed by atoms with Crippen molar-refractivity contribution in [2.24, 2.45) is 11.8 Å². The molecular weight excluding hydrogens is 390 g/mol. The number of urea groups is 1. The van der Waals surface area contributed by atoms with Crippen LogP contribution in [0.5, 0.6) is 11.5 Å². The highest BCUT2D eigenvalue weighted by molar-refractivity contribution is 5.90. The van der Waals surface area contributed by atoms with Crippen LogP contribution in [0, 0.1) is 11.8 Å². The summed E-state index contributed by atoms with van der Waals surface area (Å²) in [6.07, 6.45) is 10.9. The number of benzene rings is 1. The van der Waals surface area contributed by atoms with Crippen LogP contribution in [-0.4, -0.2) is 60.8 Å². The van der Waals surface area contributed by atoms with Gasteiger partial charge in [-0.2, -0.15) is 0 Å². The van der Waals surface area contributed by atoms with Crippen LogP contribution >= 0.6 is 0 Å². The van der Waals surface area contributed by atoms with Crippen molar-refractivity contribution in [2.75, 3.05) is 38.2 Å². The fraction of sp³-hybridized carbons (Fsp3) is 0.640. The second kappa shape index (κ2) is 8.05. The number of ether oxygens (including phenoxy) is 2. The molecule has 0 unspecified atom stereocenters. The fourth-order valence-electron chi connectivity index (χ4n) is 6.64. The summed E-state index contributed by atoms with van der Waals surface area (Å²) in [7, 11) is 0. The maximum Gasteiger partial charge on any atom is 0.322 e. The average Bonchev–Trinajstić information content (AvgIpc) is 3.04. The molecule has 2 bridgehead atoms. The average molecular weight is 424 g/mol. The molecule has 2 amide bonds. The molecule has 4 atom stereocenters. The molecule has 6 heteroatoms. The van der Waals surface area contributed by atoms with Gasteiger partial charge in [-0.05, 0) is 62.6 Å². The first-order valence-electron chi connectivity index (χ1n) is 12.2. The van der Waals surface area contributed by atoms with Gasteiger partial charge in [0.15, 0.2) is 11.5 Å². The second-order valence-electron chi connectivity index (χ2n) is 9.84. The van der Waals surface area contributed by atoms with Crippen LogP contribution in [0.2, 0.25) is 0 Å². The fourth-order valence-corrected chi connectivity index (χ4v) is 6.64. The van der Waals surface area contributed by atoms with Crippen LogP contribution in [0.25, 0.3) is 0 Å². The van der Waals surface area contributed by atoms with Gasteiger partial charge >= 0.3 is 6.03 Å². The zero-order valence-corrected chi connectivity index (χ0v) is 18.2. The predicted molar refractivity (Wildman–Crippen MR) is 120 cm³/mol. The minimum Gasteiger partial charge on any atom is -0.490 e. The number of hydrogen-bond donors (Lipinski definition) is 1. The summed E-state index contributed by atoms with van der Waals surface area (Å²) >= 11 is 0. The SMILES string of the molecule is O=C(Nc1ccc2c(c1)OCCCO2)N1CCCC2=C[C@H]3C[C@@H](CN4CCCC[C@@H]34)[C@@H]21. The molecule has 0 saturated carbocycles. The molecule has 6 rings (SSSR count). The van der Waals surface area contributed by atoms with Gasteiger partial charge in [0.1, 0.15) is 0 Å². The molecule has 31 heavy (non-hydrogen) atoms. The lowest BCUT2D eigenvalue weighted by Gasteiger charge is -2.54. The number of amides is 2. The summed E-state index contributed by atoms with van der Waals surface area (Å²) in [5.74, 6) is 2.73. The van der Waals surface area contributed by atoms with Gasteiger partial charge in [-0.15, -0.1) is 0 Å². The van der Waals surface area contributed by atoms with E-state index in [0.29, 0.717) is 25.0 Å². The first-order chi connectivity index (χ1) is 15.3. The number of nitrogens with zero attached hydrogens (tertiary/aromatic N) is 2. The van der Waals surface area contributed by atoms with Gasteiger partial charge in [-0.25, -0.2) is 4.79 Å². The highest BCUT2D eigenvalue weighted by Gasteiger charge is 2.46. The quantitative estimate of drug-likeness (QED) is 0.686. The van der Waals surface area contributed by atoms with Crippen LogP contribution in [0.3, 0.4) is 0 Å². The maximum atomic E-state index is 13.4. The summed E-state index contributed by atoms with van der Waals surface area (Å²) in [6, 6.07) is 6.74. The molecule has 1 aliphatic carbocycles. The van der Waals surface area contributed by atoms with Crippen molar-refractivity contribution in [2.45, 2.75) is 57.0 Å². The molecule has 0 radical (unpaired) electrons. The van der Waals surface area contributed by atoms with Gasteiger partial charge in [0.2, 0.25) is 0 Å². The van der Waals surface area contributed by atoms with E-state index in [0.717, 1.165) is 55.6 Å². The smallest absolute Gasteiger partial charge is 0.322 e. The summed E-state index contributed by atoms with van der Waals surface area (Å²) < 4.78 is 11.5. The number of likely N-dealkylation sites (tertiary alicyclic amines) is 1. The lowest BCUT2D eigenvalue weighted by Crippen LogP contribution is -2.60. The maximum absolute atomic E-state index is 13.4. The lowest BCUT2D eigenvalue weighted by molar-refractivity contribution is 0.00908. The van der Waals surface area contributed by atoms with E-state index in [1.165, 1.54) is 37.8 Å². The number of hydrogen-bond acceptors (Lipinski definition) is 4. The van der Waals surface area contributed by atoms with Gasteiger partial charge < -0.3 is 19.7 Å². The van der Waals surface area contributed by atoms with Gasteiger partial charge in [0.25, 0.3) is 0 Å². The molecule has 6 nitrogen and oxygen atoms in total. The van der Waals surface area contributed by atoms with Crippen molar-refractivity contribution in [3.63, 3.8) is 0 Å². The van der Waals surface area contributed by atoms with Gasteiger partial charge in [-0.3, -0.25) is 4.90 Å². The standard InChI is InChI=1S/C25H33N3O3/c29-25(26-20-7-8-22-23(15-20)31-12-4-11-30-22)28-10-3-5-17-13-18-14-19(24(17)28)16-27-9-2-1-6-21(18)27/h7-8,13,15,18-19,21,24H,1-6,9-12,14,16H2,(H,26,29)/t18-,19-,21-,24+/m0/s1. The Morgan fingerprint density at radius 1 is 1.03 bits per heavy atom. The Bertz CT molecular complexity index is 885. The number of anilines is 1. The Labute approximate surface area is 184 Å². The van der Waals surface area contributed by atoms with Gasteiger partial charge in [-0.1, -0.05) is 18.1 Å². The van der Waals surface area contributed by atoms with E-state index in [9.17, 15) is 4.79 Å². The molecule has 1 N–H and O–H groups in total. The van der Waals surface area contributed by atoms with E-state index in [-0.39, 0.29) is 12.1 Å². The van der Waals surface area contributed by atoms with Crippen LogP contribution in [-0.2, 0) is 0 Å². The molecule has 0 spiro atoms. The van der Waals surface area contributed by atoms with Crippen molar-refractivity contribution in [3.8, 4) is 11.5 Å². The Hall–Kier alpha value is -2.21. The summed E-state index contributed by atoms with van der Waals surface area (Å²) in [6.45, 7) is 4.54. The van der Waals surface area contributed by atoms with E-state index >= 15 is 0 Å². The number of carbonyl (C=O) groups is 1. The lowest BCUT2D eigenvalue weighted by atomic mass is 9.68. The summed E-state index contributed by atoms with van der Waals surface area (Å²) in [5.41, 5.74) is 2.30. The van der Waals surface area contributed by atoms with Crippen LogP contribution in [0.1, 0.15) is 44.9 Å². The van der Waals surface area contributed by atoms with Crippen molar-refractivity contribution in [1.29, 1.82) is 0 Å². The van der Waals surface area contributed by atoms with E-state index in [2.05, 4.69) is 21.2 Å². The zero-order chi connectivity index (χ0) is 20.8. The van der Waals surface area contributed by atoms with Crippen LogP contribution in [0.4, 0.5) is 10.5 Å². The number of piperidine rings is 3. The molecule has 5 aliphatic rings. The molecule has 4 heterocycles. The van der Waals surface area contributed by atoms with Crippen molar-refractivity contribution < 1.29 is 14.3 Å². The largest absolute Gasteiger partial charge is 0.490 e. The minimum absolute atomic E-state index is 0.0179. The predicted octanol–water partition coefficient (Wildman–Crippen LogP) is 4.27. The Balaban J connectivity index is 1.22. The molecule has 1 aromatic carbocycles. The van der Waals surface area contributed by atoms with Crippen molar-refractivity contribution in [1.82, 2.24) is 9.80 Å². The molecule has 1 aromatic rings. The monoisotopic (exact) mass is 423 g/mol. The number of rotatable bonds is 1.